The number of carbonyl (C=O) groups is 1. The van der Waals surface area contributed by atoms with Crippen molar-refractivity contribution in [2.24, 2.45) is 0 Å². The zero-order valence-corrected chi connectivity index (χ0v) is 16.3. The Labute approximate surface area is 164 Å². The maximum absolute atomic E-state index is 12.8. The predicted molar refractivity (Wildman–Crippen MR) is 106 cm³/mol. The maximum Gasteiger partial charge on any atom is 0.311 e. The lowest BCUT2D eigenvalue weighted by Crippen LogP contribution is -3.13. The molecule has 0 saturated carbocycles. The molecule has 0 atom stereocenters. The van der Waals surface area contributed by atoms with Gasteiger partial charge in [0.15, 0.2) is 5.75 Å². The maximum atomic E-state index is 12.8. The molecule has 0 aliphatic carbocycles. The van der Waals surface area contributed by atoms with Crippen LogP contribution >= 0.6 is 0 Å². The Kier molecular flexibility index (Phi) is 6.26. The number of carbonyl (C=O) groups excluding carboxylic acids is 1. The van der Waals surface area contributed by atoms with Crippen molar-refractivity contribution in [1.82, 2.24) is 4.90 Å². The summed E-state index contributed by atoms with van der Waals surface area (Å²) >= 11 is 0. The molecule has 148 valence electrons. The van der Waals surface area contributed by atoms with Gasteiger partial charge >= 0.3 is 5.69 Å². The molecule has 7 heteroatoms. The highest BCUT2D eigenvalue weighted by Crippen LogP contribution is 2.28. The topological polar surface area (TPSA) is 77.1 Å². The molecule has 0 spiro atoms. The van der Waals surface area contributed by atoms with Crippen LogP contribution in [-0.4, -0.2) is 48.5 Å². The standard InChI is InChI=1S/C21H25N3O4/c1-3-28-20-8-7-18(14-19(20)24(26)27)21(25)23-11-9-22(10-12-23)15-17-6-4-5-16(2)13-17/h4-8,13-14H,3,9-12,15H2,1-2H3/p+1. The Morgan fingerprint density at radius 3 is 2.61 bits per heavy atom. The van der Waals surface area contributed by atoms with Gasteiger partial charge in [-0.1, -0.05) is 29.8 Å². The fourth-order valence-corrected chi connectivity index (χ4v) is 3.57. The number of rotatable bonds is 6. The molecule has 1 amide bonds. The highest BCUT2D eigenvalue weighted by molar-refractivity contribution is 5.95. The molecule has 7 nitrogen and oxygen atoms in total. The second-order valence-corrected chi connectivity index (χ2v) is 7.08. The first-order valence-corrected chi connectivity index (χ1v) is 9.57. The summed E-state index contributed by atoms with van der Waals surface area (Å²) < 4.78 is 5.29. The molecule has 2 aromatic rings. The number of hydrogen-bond donors (Lipinski definition) is 1. The second-order valence-electron chi connectivity index (χ2n) is 7.08. The van der Waals surface area contributed by atoms with Crippen molar-refractivity contribution >= 4 is 11.6 Å². The predicted octanol–water partition coefficient (Wildman–Crippen LogP) is 1.84. The van der Waals surface area contributed by atoms with Gasteiger partial charge in [0.25, 0.3) is 5.91 Å². The van der Waals surface area contributed by atoms with Crippen LogP contribution in [0.2, 0.25) is 0 Å². The van der Waals surface area contributed by atoms with Crippen molar-refractivity contribution in [3.05, 3.63) is 69.3 Å². The van der Waals surface area contributed by atoms with Crippen LogP contribution < -0.4 is 9.64 Å². The average Bonchev–Trinajstić information content (AvgIpc) is 2.68. The molecule has 2 aromatic carbocycles. The molecule has 1 heterocycles. The molecule has 28 heavy (non-hydrogen) atoms. The van der Waals surface area contributed by atoms with E-state index >= 15 is 0 Å². The minimum atomic E-state index is -0.508. The van der Waals surface area contributed by atoms with Gasteiger partial charge in [-0.3, -0.25) is 14.9 Å². The number of piperazine rings is 1. The average molecular weight is 384 g/mol. The number of nitro benzene ring substituents is 1. The summed E-state index contributed by atoms with van der Waals surface area (Å²) in [5.41, 5.74) is 2.72. The summed E-state index contributed by atoms with van der Waals surface area (Å²) in [5, 5.41) is 11.3. The number of aryl methyl sites for hydroxylation is 1. The van der Waals surface area contributed by atoms with Crippen LogP contribution in [-0.2, 0) is 6.54 Å². The third kappa shape index (κ3) is 4.67. The van der Waals surface area contributed by atoms with Gasteiger partial charge < -0.3 is 14.5 Å². The summed E-state index contributed by atoms with van der Waals surface area (Å²) in [6.45, 7) is 8.13. The van der Waals surface area contributed by atoms with Crippen molar-refractivity contribution in [1.29, 1.82) is 0 Å². The summed E-state index contributed by atoms with van der Waals surface area (Å²) in [4.78, 5) is 26.8. The smallest absolute Gasteiger partial charge is 0.311 e. The van der Waals surface area contributed by atoms with Crippen LogP contribution in [0.4, 0.5) is 5.69 Å². The molecule has 0 radical (unpaired) electrons. The zero-order valence-electron chi connectivity index (χ0n) is 16.3. The fourth-order valence-electron chi connectivity index (χ4n) is 3.57. The minimum Gasteiger partial charge on any atom is -0.487 e. The van der Waals surface area contributed by atoms with Gasteiger partial charge in [-0.05, 0) is 26.0 Å². The van der Waals surface area contributed by atoms with E-state index in [1.807, 2.05) is 0 Å². The monoisotopic (exact) mass is 384 g/mol. The summed E-state index contributed by atoms with van der Waals surface area (Å²) in [7, 11) is 0. The Hall–Kier alpha value is -2.93. The third-order valence-corrected chi connectivity index (χ3v) is 5.00. The lowest BCUT2D eigenvalue weighted by atomic mass is 10.1. The van der Waals surface area contributed by atoms with Gasteiger partial charge in [0, 0.05) is 17.2 Å². The SMILES string of the molecule is CCOc1ccc(C(=O)N2CC[NH+](Cc3cccc(C)c3)CC2)cc1[N+](=O)[O-]. The largest absolute Gasteiger partial charge is 0.487 e. The van der Waals surface area contributed by atoms with Crippen molar-refractivity contribution in [2.45, 2.75) is 20.4 Å². The molecule has 0 unspecified atom stereocenters. The van der Waals surface area contributed by atoms with E-state index in [0.29, 0.717) is 25.3 Å². The number of benzene rings is 2. The number of nitro groups is 1. The van der Waals surface area contributed by atoms with Crippen LogP contribution in [0.15, 0.2) is 42.5 Å². The van der Waals surface area contributed by atoms with Crippen LogP contribution in [0, 0.1) is 17.0 Å². The number of quaternary nitrogens is 1. The number of hydrogen-bond acceptors (Lipinski definition) is 4. The van der Waals surface area contributed by atoms with Crippen LogP contribution in [0.5, 0.6) is 5.75 Å². The fraction of sp³-hybridized carbons (Fsp3) is 0.381. The summed E-state index contributed by atoms with van der Waals surface area (Å²) in [6, 6.07) is 12.9. The molecule has 1 fully saturated rings. The van der Waals surface area contributed by atoms with Crippen LogP contribution in [0.25, 0.3) is 0 Å². The van der Waals surface area contributed by atoms with Crippen LogP contribution in [0.1, 0.15) is 28.4 Å². The van der Waals surface area contributed by atoms with E-state index < -0.39 is 4.92 Å². The Morgan fingerprint density at radius 1 is 1.21 bits per heavy atom. The highest BCUT2D eigenvalue weighted by Gasteiger charge is 2.26. The first-order valence-electron chi connectivity index (χ1n) is 9.57. The van der Waals surface area contributed by atoms with Crippen molar-refractivity contribution in [2.75, 3.05) is 32.8 Å². The molecule has 0 bridgehead atoms. The summed E-state index contributed by atoms with van der Waals surface area (Å²) in [6.07, 6.45) is 0. The number of ether oxygens (including phenoxy) is 1. The van der Waals surface area contributed by atoms with Gasteiger partial charge in [0.2, 0.25) is 0 Å². The van der Waals surface area contributed by atoms with Gasteiger partial charge in [-0.2, -0.15) is 0 Å². The van der Waals surface area contributed by atoms with E-state index in [9.17, 15) is 14.9 Å². The molecule has 0 aromatic heterocycles. The van der Waals surface area contributed by atoms with Gasteiger partial charge in [0.05, 0.1) is 37.7 Å². The van der Waals surface area contributed by atoms with E-state index in [1.165, 1.54) is 28.2 Å². The minimum absolute atomic E-state index is 0.166. The van der Waals surface area contributed by atoms with Crippen molar-refractivity contribution in [3.63, 3.8) is 0 Å². The highest BCUT2D eigenvalue weighted by atomic mass is 16.6. The second kappa shape index (κ2) is 8.84. The molecule has 1 N–H and O–H groups in total. The molecule has 1 aliphatic heterocycles. The van der Waals surface area contributed by atoms with E-state index in [1.54, 1.807) is 17.9 Å². The molecule has 1 aliphatic rings. The molecule has 1 saturated heterocycles. The number of nitrogens with zero attached hydrogens (tertiary/aromatic N) is 2. The van der Waals surface area contributed by atoms with Gasteiger partial charge in [0.1, 0.15) is 6.54 Å². The quantitative estimate of drug-likeness (QED) is 0.609. The van der Waals surface area contributed by atoms with Crippen molar-refractivity contribution in [3.8, 4) is 5.75 Å². The van der Waals surface area contributed by atoms with Crippen LogP contribution in [0.3, 0.4) is 0 Å². The first-order chi connectivity index (χ1) is 13.5. The molecule has 3 rings (SSSR count). The Bertz CT molecular complexity index is 860. The lowest BCUT2D eigenvalue weighted by molar-refractivity contribution is -0.917. The molecular weight excluding hydrogens is 358 g/mol. The van der Waals surface area contributed by atoms with E-state index in [4.69, 9.17) is 4.74 Å². The van der Waals surface area contributed by atoms with E-state index in [-0.39, 0.29) is 17.3 Å². The molecular formula is C21H26N3O4+. The summed E-state index contributed by atoms with van der Waals surface area (Å²) in [5.74, 6) is 0.0252. The lowest BCUT2D eigenvalue weighted by Gasteiger charge is -2.32. The zero-order chi connectivity index (χ0) is 20.1. The first kappa shape index (κ1) is 19.8. The Morgan fingerprint density at radius 2 is 1.96 bits per heavy atom. The number of nitrogens with one attached hydrogen (secondary N) is 1. The Balaban J connectivity index is 1.63. The van der Waals surface area contributed by atoms with Gasteiger partial charge in [-0.15, -0.1) is 0 Å². The number of amides is 1. The van der Waals surface area contributed by atoms with E-state index in [0.717, 1.165) is 19.6 Å². The van der Waals surface area contributed by atoms with Crippen molar-refractivity contribution < 1.29 is 19.4 Å². The van der Waals surface area contributed by atoms with E-state index in [2.05, 4.69) is 31.2 Å². The van der Waals surface area contributed by atoms with Gasteiger partial charge in [-0.25, -0.2) is 0 Å². The third-order valence-electron chi connectivity index (χ3n) is 5.00. The normalized spacial score (nSPS) is 14.7.